The van der Waals surface area contributed by atoms with Crippen LogP contribution in [0.3, 0.4) is 0 Å². The van der Waals surface area contributed by atoms with Crippen LogP contribution in [-0.2, 0) is 16.0 Å². The van der Waals surface area contributed by atoms with E-state index in [1.807, 2.05) is 13.8 Å². The van der Waals surface area contributed by atoms with Crippen LogP contribution in [0.1, 0.15) is 57.2 Å². The van der Waals surface area contributed by atoms with Crippen LogP contribution in [0.2, 0.25) is 0 Å². The first-order valence-electron chi connectivity index (χ1n) is 7.46. The lowest BCUT2D eigenvalue weighted by Crippen LogP contribution is -2.45. The Bertz CT molecular complexity index is 498. The van der Waals surface area contributed by atoms with Crippen molar-refractivity contribution in [2.75, 3.05) is 6.54 Å². The number of hydrogen-bond acceptors (Lipinski definition) is 5. The Kier molecular flexibility index (Phi) is 5.30. The van der Waals surface area contributed by atoms with Crippen LogP contribution in [0.5, 0.6) is 0 Å². The highest BCUT2D eigenvalue weighted by atomic mass is 16.5. The molecule has 2 amide bonds. The van der Waals surface area contributed by atoms with Gasteiger partial charge in [-0.05, 0) is 19.3 Å². The van der Waals surface area contributed by atoms with Crippen molar-refractivity contribution >= 4 is 11.8 Å². The zero-order valence-corrected chi connectivity index (χ0v) is 12.5. The van der Waals surface area contributed by atoms with Crippen LogP contribution in [0.4, 0.5) is 0 Å². The second kappa shape index (κ2) is 7.19. The molecule has 2 N–H and O–H groups in total. The van der Waals surface area contributed by atoms with E-state index in [-0.39, 0.29) is 24.2 Å². The van der Waals surface area contributed by atoms with Crippen LogP contribution in [0.15, 0.2) is 4.52 Å². The Hall–Kier alpha value is -1.92. The Balaban J connectivity index is 1.79. The summed E-state index contributed by atoms with van der Waals surface area (Å²) < 4.78 is 5.09. The van der Waals surface area contributed by atoms with Crippen LogP contribution in [-0.4, -0.2) is 34.5 Å². The molecule has 0 unspecified atom stereocenters. The zero-order chi connectivity index (χ0) is 15.2. The van der Waals surface area contributed by atoms with Crippen molar-refractivity contribution in [1.29, 1.82) is 0 Å². The maximum absolute atomic E-state index is 11.9. The number of aryl methyl sites for hydroxylation is 1. The van der Waals surface area contributed by atoms with Gasteiger partial charge < -0.3 is 15.2 Å². The molecule has 1 atom stereocenters. The molecule has 1 aliphatic heterocycles. The molecule has 1 aromatic heterocycles. The lowest BCUT2D eigenvalue weighted by molar-refractivity contribution is -0.128. The van der Waals surface area contributed by atoms with Gasteiger partial charge in [0.2, 0.25) is 17.7 Å². The largest absolute Gasteiger partial charge is 0.354 e. The van der Waals surface area contributed by atoms with Crippen molar-refractivity contribution < 1.29 is 14.1 Å². The molecule has 1 aliphatic rings. The second-order valence-electron chi connectivity index (χ2n) is 5.61. The molecule has 7 heteroatoms. The Morgan fingerprint density at radius 1 is 1.48 bits per heavy atom. The lowest BCUT2D eigenvalue weighted by Gasteiger charge is -2.14. The van der Waals surface area contributed by atoms with Gasteiger partial charge in [-0.1, -0.05) is 19.0 Å². The first kappa shape index (κ1) is 15.5. The highest BCUT2D eigenvalue weighted by molar-refractivity contribution is 5.87. The number of aromatic nitrogens is 2. The third-order valence-corrected chi connectivity index (χ3v) is 3.44. The summed E-state index contributed by atoms with van der Waals surface area (Å²) in [6, 6.07) is -0.422. The number of rotatable bonds is 5. The van der Waals surface area contributed by atoms with E-state index in [0.29, 0.717) is 31.1 Å². The standard InChI is InChI=1S/C14H22N4O3/c1-9(2)13-17-12(21-18-13)7-6-11(19)16-10-5-3-4-8-15-14(10)20/h9-10H,3-8H2,1-2H3,(H,15,20)(H,16,19)/t10-/m0/s1. The fourth-order valence-corrected chi connectivity index (χ4v) is 2.17. The fraction of sp³-hybridized carbons (Fsp3) is 0.714. The van der Waals surface area contributed by atoms with Gasteiger partial charge in [0.1, 0.15) is 6.04 Å². The van der Waals surface area contributed by atoms with Gasteiger partial charge in [0.15, 0.2) is 5.82 Å². The monoisotopic (exact) mass is 294 g/mol. The number of hydrogen-bond donors (Lipinski definition) is 2. The first-order valence-corrected chi connectivity index (χ1v) is 7.46. The quantitative estimate of drug-likeness (QED) is 0.841. The average Bonchev–Trinajstić information content (AvgIpc) is 2.84. The molecule has 2 rings (SSSR count). The molecule has 7 nitrogen and oxygen atoms in total. The van der Waals surface area contributed by atoms with Gasteiger partial charge in [0.25, 0.3) is 0 Å². The van der Waals surface area contributed by atoms with Gasteiger partial charge in [-0.2, -0.15) is 4.98 Å². The highest BCUT2D eigenvalue weighted by Gasteiger charge is 2.22. The van der Waals surface area contributed by atoms with E-state index in [0.717, 1.165) is 12.8 Å². The molecule has 0 radical (unpaired) electrons. The van der Waals surface area contributed by atoms with E-state index in [1.54, 1.807) is 0 Å². The molecular formula is C14H22N4O3. The fourth-order valence-electron chi connectivity index (χ4n) is 2.17. The predicted octanol–water partition coefficient (Wildman–Crippen LogP) is 0.910. The van der Waals surface area contributed by atoms with Crippen molar-refractivity contribution in [2.24, 2.45) is 0 Å². The minimum atomic E-state index is -0.422. The van der Waals surface area contributed by atoms with Crippen molar-refractivity contribution in [2.45, 2.75) is 57.9 Å². The summed E-state index contributed by atoms with van der Waals surface area (Å²) in [6.45, 7) is 4.64. The molecule has 0 bridgehead atoms. The maximum Gasteiger partial charge on any atom is 0.242 e. The van der Waals surface area contributed by atoms with Crippen LogP contribution < -0.4 is 10.6 Å². The molecule has 0 saturated carbocycles. The molecule has 116 valence electrons. The zero-order valence-electron chi connectivity index (χ0n) is 12.5. The third kappa shape index (κ3) is 4.54. The third-order valence-electron chi connectivity index (χ3n) is 3.44. The molecule has 0 aromatic carbocycles. The summed E-state index contributed by atoms with van der Waals surface area (Å²) >= 11 is 0. The minimum absolute atomic E-state index is 0.0965. The number of carbonyl (C=O) groups excluding carboxylic acids is 2. The summed E-state index contributed by atoms with van der Waals surface area (Å²) in [5.41, 5.74) is 0. The highest BCUT2D eigenvalue weighted by Crippen LogP contribution is 2.11. The molecule has 1 fully saturated rings. The van der Waals surface area contributed by atoms with E-state index in [9.17, 15) is 9.59 Å². The number of carbonyl (C=O) groups is 2. The minimum Gasteiger partial charge on any atom is -0.354 e. The summed E-state index contributed by atoms with van der Waals surface area (Å²) in [7, 11) is 0. The van der Waals surface area contributed by atoms with Gasteiger partial charge in [-0.25, -0.2) is 0 Å². The molecule has 1 saturated heterocycles. The van der Waals surface area contributed by atoms with Gasteiger partial charge in [0, 0.05) is 25.3 Å². The second-order valence-corrected chi connectivity index (χ2v) is 5.61. The Labute approximate surface area is 123 Å². The van der Waals surface area contributed by atoms with Crippen LogP contribution in [0.25, 0.3) is 0 Å². The molecule has 21 heavy (non-hydrogen) atoms. The predicted molar refractivity (Wildman–Crippen MR) is 75.5 cm³/mol. The SMILES string of the molecule is CC(C)c1noc(CCC(=O)N[C@H]2CCCCNC2=O)n1. The van der Waals surface area contributed by atoms with Crippen LogP contribution in [0, 0.1) is 0 Å². The number of nitrogens with one attached hydrogen (secondary N) is 2. The van der Waals surface area contributed by atoms with E-state index in [2.05, 4.69) is 20.8 Å². The van der Waals surface area contributed by atoms with Crippen molar-refractivity contribution in [1.82, 2.24) is 20.8 Å². The molecule has 2 heterocycles. The van der Waals surface area contributed by atoms with E-state index >= 15 is 0 Å². The van der Waals surface area contributed by atoms with E-state index < -0.39 is 6.04 Å². The molecular weight excluding hydrogens is 272 g/mol. The van der Waals surface area contributed by atoms with Crippen LogP contribution >= 0.6 is 0 Å². The molecule has 0 aliphatic carbocycles. The molecule has 0 spiro atoms. The topological polar surface area (TPSA) is 97.1 Å². The Morgan fingerprint density at radius 3 is 3.00 bits per heavy atom. The maximum atomic E-state index is 11.9. The van der Waals surface area contributed by atoms with Crippen molar-refractivity contribution in [3.8, 4) is 0 Å². The first-order chi connectivity index (χ1) is 10.1. The Morgan fingerprint density at radius 2 is 2.29 bits per heavy atom. The lowest BCUT2D eigenvalue weighted by atomic mass is 10.1. The van der Waals surface area contributed by atoms with Crippen molar-refractivity contribution in [3.63, 3.8) is 0 Å². The van der Waals surface area contributed by atoms with Gasteiger partial charge in [0.05, 0.1) is 0 Å². The van der Waals surface area contributed by atoms with Crippen molar-refractivity contribution in [3.05, 3.63) is 11.7 Å². The summed E-state index contributed by atoms with van der Waals surface area (Å²) in [4.78, 5) is 27.9. The number of nitrogens with zero attached hydrogens (tertiary/aromatic N) is 2. The normalized spacial score (nSPS) is 19.2. The van der Waals surface area contributed by atoms with Gasteiger partial charge in [-0.15, -0.1) is 0 Å². The van der Waals surface area contributed by atoms with Gasteiger partial charge >= 0.3 is 0 Å². The van der Waals surface area contributed by atoms with Gasteiger partial charge in [-0.3, -0.25) is 9.59 Å². The summed E-state index contributed by atoms with van der Waals surface area (Å²) in [5, 5.41) is 9.41. The van der Waals surface area contributed by atoms with E-state index in [1.165, 1.54) is 0 Å². The number of amides is 2. The van der Waals surface area contributed by atoms with E-state index in [4.69, 9.17) is 4.52 Å². The summed E-state index contributed by atoms with van der Waals surface area (Å²) in [5.74, 6) is 1.04. The molecule has 1 aromatic rings. The average molecular weight is 294 g/mol. The smallest absolute Gasteiger partial charge is 0.242 e. The summed E-state index contributed by atoms with van der Waals surface area (Å²) in [6.07, 6.45) is 3.21.